The summed E-state index contributed by atoms with van der Waals surface area (Å²) < 4.78 is 0. The molecule has 2 rings (SSSR count). The van der Waals surface area contributed by atoms with Crippen LogP contribution in [-0.4, -0.2) is 0 Å². The molecule has 1 nitrogen and oxygen atoms in total. The van der Waals surface area contributed by atoms with Crippen molar-refractivity contribution in [2.24, 2.45) is 0 Å². The molecule has 0 amide bonds. The molecule has 0 aliphatic heterocycles. The maximum absolute atomic E-state index is 6.21. The summed E-state index contributed by atoms with van der Waals surface area (Å²) in [6, 6.07) is 12.0. The van der Waals surface area contributed by atoms with Crippen molar-refractivity contribution in [1.82, 2.24) is 0 Å². The minimum Gasteiger partial charge on any atom is -0.399 e. The third-order valence-corrected chi connectivity index (χ3v) is 2.99. The van der Waals surface area contributed by atoms with Crippen molar-refractivity contribution in [3.63, 3.8) is 0 Å². The summed E-state index contributed by atoms with van der Waals surface area (Å²) >= 11 is 6.21. The first-order valence-corrected chi connectivity index (χ1v) is 5.58. The third kappa shape index (κ3) is 2.05. The molecule has 0 heterocycles. The summed E-state index contributed by atoms with van der Waals surface area (Å²) in [4.78, 5) is 0. The van der Waals surface area contributed by atoms with Gasteiger partial charge < -0.3 is 5.73 Å². The zero-order valence-corrected chi connectivity index (χ0v) is 10.2. The Hall–Kier alpha value is -1.47. The van der Waals surface area contributed by atoms with Gasteiger partial charge in [0, 0.05) is 11.3 Å². The summed E-state index contributed by atoms with van der Waals surface area (Å²) in [6.45, 7) is 4.16. The smallest absolute Gasteiger partial charge is 0.0504 e. The van der Waals surface area contributed by atoms with E-state index in [9.17, 15) is 0 Å². The number of rotatable bonds is 1. The average molecular weight is 232 g/mol. The van der Waals surface area contributed by atoms with Crippen LogP contribution in [0, 0.1) is 13.8 Å². The van der Waals surface area contributed by atoms with Crippen molar-refractivity contribution >= 4 is 17.3 Å². The first-order valence-electron chi connectivity index (χ1n) is 5.20. The number of nitrogen functional groups attached to an aromatic ring is 1. The molecule has 2 N–H and O–H groups in total. The van der Waals surface area contributed by atoms with Gasteiger partial charge in [0.2, 0.25) is 0 Å². The summed E-state index contributed by atoms with van der Waals surface area (Å²) in [5.74, 6) is 0. The lowest BCUT2D eigenvalue weighted by Crippen LogP contribution is -1.89. The molecule has 0 unspecified atom stereocenters. The highest BCUT2D eigenvalue weighted by molar-refractivity contribution is 6.33. The molecular weight excluding hydrogens is 218 g/mol. The lowest BCUT2D eigenvalue weighted by molar-refractivity contribution is 1.39. The predicted molar refractivity (Wildman–Crippen MR) is 70.8 cm³/mol. The Bertz CT molecular complexity index is 532. The van der Waals surface area contributed by atoms with Crippen LogP contribution in [0.15, 0.2) is 36.4 Å². The van der Waals surface area contributed by atoms with E-state index in [4.69, 9.17) is 17.3 Å². The van der Waals surface area contributed by atoms with Gasteiger partial charge in [-0.05, 0) is 37.1 Å². The van der Waals surface area contributed by atoms with Crippen LogP contribution >= 0.6 is 11.6 Å². The van der Waals surface area contributed by atoms with Crippen LogP contribution in [-0.2, 0) is 0 Å². The second-order valence-corrected chi connectivity index (χ2v) is 4.46. The zero-order chi connectivity index (χ0) is 11.7. The summed E-state index contributed by atoms with van der Waals surface area (Å²) in [7, 11) is 0. The largest absolute Gasteiger partial charge is 0.399 e. The lowest BCUT2D eigenvalue weighted by atomic mass is 9.98. The molecule has 0 saturated heterocycles. The van der Waals surface area contributed by atoms with E-state index in [-0.39, 0.29) is 0 Å². The number of hydrogen-bond acceptors (Lipinski definition) is 1. The highest BCUT2D eigenvalue weighted by Gasteiger charge is 2.06. The van der Waals surface area contributed by atoms with E-state index in [0.29, 0.717) is 10.7 Å². The van der Waals surface area contributed by atoms with Gasteiger partial charge in [-0.3, -0.25) is 0 Å². The molecule has 0 spiro atoms. The summed E-state index contributed by atoms with van der Waals surface area (Å²) in [5.41, 5.74) is 11.0. The van der Waals surface area contributed by atoms with E-state index in [2.05, 4.69) is 32.0 Å². The Morgan fingerprint density at radius 1 is 0.938 bits per heavy atom. The molecule has 0 saturated carbocycles. The molecule has 0 aliphatic rings. The minimum absolute atomic E-state index is 0.694. The van der Waals surface area contributed by atoms with Gasteiger partial charge in [0.25, 0.3) is 0 Å². The van der Waals surface area contributed by atoms with Crippen molar-refractivity contribution in [1.29, 1.82) is 0 Å². The van der Waals surface area contributed by atoms with E-state index >= 15 is 0 Å². The van der Waals surface area contributed by atoms with Gasteiger partial charge in [-0.15, -0.1) is 0 Å². The Kier molecular flexibility index (Phi) is 2.88. The van der Waals surface area contributed by atoms with Crippen molar-refractivity contribution in [2.45, 2.75) is 13.8 Å². The van der Waals surface area contributed by atoms with Crippen molar-refractivity contribution in [2.75, 3.05) is 5.73 Å². The highest BCUT2D eigenvalue weighted by Crippen LogP contribution is 2.32. The van der Waals surface area contributed by atoms with Gasteiger partial charge in [-0.1, -0.05) is 41.4 Å². The maximum atomic E-state index is 6.21. The predicted octanol–water partition coefficient (Wildman–Crippen LogP) is 4.21. The molecule has 0 aliphatic carbocycles. The van der Waals surface area contributed by atoms with Crippen LogP contribution in [0.25, 0.3) is 11.1 Å². The van der Waals surface area contributed by atoms with Gasteiger partial charge >= 0.3 is 0 Å². The Morgan fingerprint density at radius 3 is 2.38 bits per heavy atom. The Morgan fingerprint density at radius 2 is 1.69 bits per heavy atom. The van der Waals surface area contributed by atoms with Crippen LogP contribution in [0.1, 0.15) is 11.1 Å². The molecule has 0 atom stereocenters. The molecule has 2 heteroatoms. The third-order valence-electron chi connectivity index (χ3n) is 2.68. The SMILES string of the molecule is Cc1ccc(C)c(-c2ccc(N)cc2Cl)c1. The number of aryl methyl sites for hydroxylation is 2. The summed E-state index contributed by atoms with van der Waals surface area (Å²) in [6.07, 6.45) is 0. The van der Waals surface area contributed by atoms with Crippen LogP contribution in [0.3, 0.4) is 0 Å². The van der Waals surface area contributed by atoms with Crippen LogP contribution in [0.2, 0.25) is 5.02 Å². The fraction of sp³-hybridized carbons (Fsp3) is 0.143. The average Bonchev–Trinajstić information content (AvgIpc) is 2.22. The fourth-order valence-corrected chi connectivity index (χ4v) is 2.07. The quantitative estimate of drug-likeness (QED) is 0.732. The standard InChI is InChI=1S/C14H14ClN/c1-9-3-4-10(2)13(7-9)12-6-5-11(16)8-14(12)15/h3-8H,16H2,1-2H3. The van der Waals surface area contributed by atoms with Gasteiger partial charge in [-0.25, -0.2) is 0 Å². The molecule has 2 aromatic carbocycles. The normalized spacial score (nSPS) is 10.4. The van der Waals surface area contributed by atoms with Gasteiger partial charge in [-0.2, -0.15) is 0 Å². The maximum Gasteiger partial charge on any atom is 0.0504 e. The summed E-state index contributed by atoms with van der Waals surface area (Å²) in [5, 5.41) is 0.703. The molecule has 2 aromatic rings. The first kappa shape index (κ1) is 11.0. The highest BCUT2D eigenvalue weighted by atomic mass is 35.5. The second kappa shape index (κ2) is 4.18. The topological polar surface area (TPSA) is 26.0 Å². The number of anilines is 1. The molecule has 16 heavy (non-hydrogen) atoms. The van der Waals surface area contributed by atoms with E-state index in [1.165, 1.54) is 16.7 Å². The zero-order valence-electron chi connectivity index (χ0n) is 9.42. The van der Waals surface area contributed by atoms with Gasteiger partial charge in [0.05, 0.1) is 5.02 Å². The monoisotopic (exact) mass is 231 g/mol. The van der Waals surface area contributed by atoms with Crippen molar-refractivity contribution in [3.05, 3.63) is 52.5 Å². The number of halogens is 1. The van der Waals surface area contributed by atoms with Crippen molar-refractivity contribution in [3.8, 4) is 11.1 Å². The van der Waals surface area contributed by atoms with Gasteiger partial charge in [0.1, 0.15) is 0 Å². The van der Waals surface area contributed by atoms with E-state index in [0.717, 1.165) is 5.56 Å². The molecule has 0 bridgehead atoms. The molecular formula is C14H14ClN. The van der Waals surface area contributed by atoms with E-state index in [1.54, 1.807) is 6.07 Å². The second-order valence-electron chi connectivity index (χ2n) is 4.06. The van der Waals surface area contributed by atoms with Gasteiger partial charge in [0.15, 0.2) is 0 Å². The lowest BCUT2D eigenvalue weighted by Gasteiger charge is -2.09. The molecule has 0 fully saturated rings. The Labute approximate surface area is 101 Å². The van der Waals surface area contributed by atoms with Crippen LogP contribution in [0.5, 0.6) is 0 Å². The molecule has 0 aromatic heterocycles. The van der Waals surface area contributed by atoms with E-state index in [1.807, 2.05) is 12.1 Å². The minimum atomic E-state index is 0.694. The number of nitrogens with two attached hydrogens (primary N) is 1. The fourth-order valence-electron chi connectivity index (χ4n) is 1.78. The Balaban J connectivity index is 2.62. The number of hydrogen-bond donors (Lipinski definition) is 1. The molecule has 0 radical (unpaired) electrons. The first-order chi connectivity index (χ1) is 7.58. The van der Waals surface area contributed by atoms with E-state index < -0.39 is 0 Å². The number of benzene rings is 2. The molecule has 82 valence electrons. The van der Waals surface area contributed by atoms with Crippen LogP contribution in [0.4, 0.5) is 5.69 Å². The van der Waals surface area contributed by atoms with Crippen LogP contribution < -0.4 is 5.73 Å². The van der Waals surface area contributed by atoms with Crippen molar-refractivity contribution < 1.29 is 0 Å².